The monoisotopic (exact) mass is 390 g/mol. The summed E-state index contributed by atoms with van der Waals surface area (Å²) < 4.78 is 1.75. The number of hydrogen-bond donors (Lipinski definition) is 2. The van der Waals surface area contributed by atoms with Gasteiger partial charge in [0.1, 0.15) is 0 Å². The van der Waals surface area contributed by atoms with Crippen LogP contribution < -0.4 is 10.6 Å². The van der Waals surface area contributed by atoms with Crippen LogP contribution in [0.3, 0.4) is 0 Å². The molecular weight excluding hydrogens is 375 g/mol. The predicted octanol–water partition coefficient (Wildman–Crippen LogP) is 5.36. The smallest absolute Gasteiger partial charge is 0.175 e. The van der Waals surface area contributed by atoms with Crippen molar-refractivity contribution >= 4 is 51.9 Å². The zero-order valence-electron chi connectivity index (χ0n) is 13.5. The molecule has 0 bridgehead atoms. The Morgan fingerprint density at radius 1 is 1.04 bits per heavy atom. The van der Waals surface area contributed by atoms with Crippen molar-refractivity contribution in [3.8, 4) is 0 Å². The van der Waals surface area contributed by atoms with Gasteiger partial charge in [-0.15, -0.1) is 0 Å². The quantitative estimate of drug-likeness (QED) is 0.588. The number of rotatable bonds is 4. The number of anilines is 2. The van der Waals surface area contributed by atoms with E-state index in [0.29, 0.717) is 21.7 Å². The Labute approximate surface area is 161 Å². The van der Waals surface area contributed by atoms with Gasteiger partial charge in [-0.3, -0.25) is 4.68 Å². The van der Waals surface area contributed by atoms with Gasteiger partial charge in [0.05, 0.1) is 18.4 Å². The highest BCUT2D eigenvalue weighted by atomic mass is 35.5. The molecule has 1 heterocycles. The first-order valence-electron chi connectivity index (χ1n) is 7.61. The third kappa shape index (κ3) is 4.72. The Hall–Kier alpha value is -2.08. The molecule has 4 nitrogen and oxygen atoms in total. The van der Waals surface area contributed by atoms with Gasteiger partial charge in [-0.05, 0) is 43.4 Å². The van der Waals surface area contributed by atoms with Crippen molar-refractivity contribution in [3.05, 3.63) is 76.0 Å². The standard InChI is InChI=1S/C18H16Cl2N4S/c1-12-5-7-13(8-6-12)22-18(25)23-14-9-21-24(10-14)11-15-16(19)3-2-4-17(15)20/h2-10H,11H2,1H3,(H2,22,23,25). The zero-order chi connectivity index (χ0) is 17.8. The highest BCUT2D eigenvalue weighted by Crippen LogP contribution is 2.25. The molecule has 25 heavy (non-hydrogen) atoms. The number of benzene rings is 2. The summed E-state index contributed by atoms with van der Waals surface area (Å²) in [6, 6.07) is 13.4. The van der Waals surface area contributed by atoms with Crippen LogP contribution in [0, 0.1) is 6.92 Å². The van der Waals surface area contributed by atoms with Gasteiger partial charge in [0, 0.05) is 27.5 Å². The number of aromatic nitrogens is 2. The Bertz CT molecular complexity index is 870. The molecule has 0 radical (unpaired) electrons. The van der Waals surface area contributed by atoms with Gasteiger partial charge in [-0.25, -0.2) is 0 Å². The fourth-order valence-corrected chi connectivity index (χ4v) is 3.04. The van der Waals surface area contributed by atoms with Crippen LogP contribution in [-0.4, -0.2) is 14.9 Å². The summed E-state index contributed by atoms with van der Waals surface area (Å²) in [7, 11) is 0. The average molecular weight is 391 g/mol. The van der Waals surface area contributed by atoms with Crippen molar-refractivity contribution in [1.29, 1.82) is 0 Å². The maximum absolute atomic E-state index is 6.20. The molecule has 1 aromatic heterocycles. The number of hydrogen-bond acceptors (Lipinski definition) is 2. The fourth-order valence-electron chi connectivity index (χ4n) is 2.29. The minimum atomic E-state index is 0.484. The third-order valence-electron chi connectivity index (χ3n) is 3.58. The second-order valence-electron chi connectivity index (χ2n) is 5.57. The Morgan fingerprint density at radius 3 is 2.36 bits per heavy atom. The molecule has 0 spiro atoms. The van der Waals surface area contributed by atoms with Crippen LogP contribution in [0.25, 0.3) is 0 Å². The van der Waals surface area contributed by atoms with E-state index in [-0.39, 0.29) is 0 Å². The first-order chi connectivity index (χ1) is 12.0. The summed E-state index contributed by atoms with van der Waals surface area (Å²) >= 11 is 17.7. The number of nitrogens with one attached hydrogen (secondary N) is 2. The van der Waals surface area contributed by atoms with Gasteiger partial charge in [-0.2, -0.15) is 5.10 Å². The summed E-state index contributed by atoms with van der Waals surface area (Å²) in [5.74, 6) is 0. The summed E-state index contributed by atoms with van der Waals surface area (Å²) in [5, 5.41) is 12.3. The lowest BCUT2D eigenvalue weighted by Gasteiger charge is -2.09. The largest absolute Gasteiger partial charge is 0.332 e. The molecule has 2 N–H and O–H groups in total. The highest BCUT2D eigenvalue weighted by molar-refractivity contribution is 7.80. The normalized spacial score (nSPS) is 10.5. The Morgan fingerprint density at radius 2 is 1.68 bits per heavy atom. The van der Waals surface area contributed by atoms with Crippen LogP contribution >= 0.6 is 35.4 Å². The van der Waals surface area contributed by atoms with Gasteiger partial charge in [-0.1, -0.05) is 47.0 Å². The van der Waals surface area contributed by atoms with E-state index in [1.54, 1.807) is 10.9 Å². The maximum Gasteiger partial charge on any atom is 0.175 e. The van der Waals surface area contributed by atoms with Gasteiger partial charge in [0.2, 0.25) is 0 Å². The summed E-state index contributed by atoms with van der Waals surface area (Å²) in [6.45, 7) is 2.53. The van der Waals surface area contributed by atoms with Crippen LogP contribution in [0.15, 0.2) is 54.9 Å². The number of halogens is 2. The van der Waals surface area contributed by atoms with Crippen LogP contribution in [0.2, 0.25) is 10.0 Å². The lowest BCUT2D eigenvalue weighted by Crippen LogP contribution is -2.18. The third-order valence-corrected chi connectivity index (χ3v) is 4.49. The topological polar surface area (TPSA) is 41.9 Å². The first-order valence-corrected chi connectivity index (χ1v) is 8.78. The molecule has 7 heteroatoms. The van der Waals surface area contributed by atoms with E-state index in [1.165, 1.54) is 5.56 Å². The summed E-state index contributed by atoms with van der Waals surface area (Å²) in [5.41, 5.74) is 3.75. The molecule has 128 valence electrons. The fraction of sp³-hybridized carbons (Fsp3) is 0.111. The van der Waals surface area contributed by atoms with E-state index in [4.69, 9.17) is 35.4 Å². The second-order valence-corrected chi connectivity index (χ2v) is 6.79. The molecule has 0 saturated heterocycles. The van der Waals surface area contributed by atoms with Gasteiger partial charge in [0.25, 0.3) is 0 Å². The number of thiocarbonyl (C=S) groups is 1. The van der Waals surface area contributed by atoms with Crippen LogP contribution in [0.4, 0.5) is 11.4 Å². The first kappa shape index (κ1) is 17.7. The Kier molecular flexibility index (Phi) is 5.58. The minimum Gasteiger partial charge on any atom is -0.332 e. The summed E-state index contributed by atoms with van der Waals surface area (Å²) in [4.78, 5) is 0. The predicted molar refractivity (Wildman–Crippen MR) is 109 cm³/mol. The molecule has 0 amide bonds. The lowest BCUT2D eigenvalue weighted by molar-refractivity contribution is 0.687. The van der Waals surface area contributed by atoms with Crippen molar-refractivity contribution < 1.29 is 0 Å². The van der Waals surface area contributed by atoms with E-state index in [9.17, 15) is 0 Å². The molecule has 0 unspecified atom stereocenters. The van der Waals surface area contributed by atoms with E-state index in [0.717, 1.165) is 16.9 Å². The molecular formula is C18H16Cl2N4S. The second kappa shape index (κ2) is 7.87. The van der Waals surface area contributed by atoms with Crippen LogP contribution in [0.1, 0.15) is 11.1 Å². The van der Waals surface area contributed by atoms with E-state index < -0.39 is 0 Å². The van der Waals surface area contributed by atoms with Crippen molar-refractivity contribution in [2.24, 2.45) is 0 Å². The van der Waals surface area contributed by atoms with Crippen molar-refractivity contribution in [2.45, 2.75) is 13.5 Å². The van der Waals surface area contributed by atoms with Crippen LogP contribution in [-0.2, 0) is 6.54 Å². The highest BCUT2D eigenvalue weighted by Gasteiger charge is 2.08. The molecule has 0 aliphatic carbocycles. The molecule has 0 fully saturated rings. The molecule has 3 aromatic rings. The molecule has 2 aromatic carbocycles. The van der Waals surface area contributed by atoms with E-state index >= 15 is 0 Å². The van der Waals surface area contributed by atoms with Crippen LogP contribution in [0.5, 0.6) is 0 Å². The molecule has 0 atom stereocenters. The number of nitrogens with zero attached hydrogens (tertiary/aromatic N) is 2. The minimum absolute atomic E-state index is 0.484. The zero-order valence-corrected chi connectivity index (χ0v) is 15.8. The van der Waals surface area contributed by atoms with Crippen molar-refractivity contribution in [2.75, 3.05) is 10.6 Å². The average Bonchev–Trinajstić information content (AvgIpc) is 3.00. The number of aryl methyl sites for hydroxylation is 1. The van der Waals surface area contributed by atoms with Gasteiger partial charge >= 0.3 is 0 Å². The molecule has 0 aliphatic rings. The lowest BCUT2D eigenvalue weighted by atomic mass is 10.2. The van der Waals surface area contributed by atoms with Crippen molar-refractivity contribution in [1.82, 2.24) is 9.78 Å². The molecule has 0 saturated carbocycles. The maximum atomic E-state index is 6.20. The summed E-state index contributed by atoms with van der Waals surface area (Å²) in [6.07, 6.45) is 3.55. The SMILES string of the molecule is Cc1ccc(NC(=S)Nc2cnn(Cc3c(Cl)cccc3Cl)c2)cc1. The van der Waals surface area contributed by atoms with E-state index in [1.807, 2.05) is 55.6 Å². The van der Waals surface area contributed by atoms with Gasteiger partial charge < -0.3 is 10.6 Å². The van der Waals surface area contributed by atoms with E-state index in [2.05, 4.69) is 15.7 Å². The van der Waals surface area contributed by atoms with Gasteiger partial charge in [0.15, 0.2) is 5.11 Å². The molecule has 3 rings (SSSR count). The molecule has 0 aliphatic heterocycles. The van der Waals surface area contributed by atoms with Crippen molar-refractivity contribution in [3.63, 3.8) is 0 Å². The Balaban J connectivity index is 1.63.